The van der Waals surface area contributed by atoms with Gasteiger partial charge in [0.2, 0.25) is 0 Å². The molecule has 0 amide bonds. The summed E-state index contributed by atoms with van der Waals surface area (Å²) in [5.74, 6) is 0.845. The van der Waals surface area contributed by atoms with Gasteiger partial charge in [-0.15, -0.1) is 6.58 Å². The van der Waals surface area contributed by atoms with E-state index in [9.17, 15) is 0 Å². The van der Waals surface area contributed by atoms with Crippen LogP contribution in [0.15, 0.2) is 24.8 Å². The fourth-order valence-corrected chi connectivity index (χ4v) is 4.44. The van der Waals surface area contributed by atoms with E-state index in [-0.39, 0.29) is 16.7 Å². The number of halogens is 1. The molecule has 4 atom stereocenters. The second-order valence-corrected chi connectivity index (χ2v) is 7.97. The van der Waals surface area contributed by atoms with Gasteiger partial charge in [0.25, 0.3) is 0 Å². The molecule has 0 radical (unpaired) electrons. The molecule has 0 aliphatic heterocycles. The molecule has 1 saturated carbocycles. The first kappa shape index (κ1) is 21.4. The van der Waals surface area contributed by atoms with Crippen molar-refractivity contribution in [3.8, 4) is 0 Å². The van der Waals surface area contributed by atoms with Crippen molar-refractivity contribution in [3.63, 3.8) is 0 Å². The van der Waals surface area contributed by atoms with E-state index in [1.165, 1.54) is 5.57 Å². The van der Waals surface area contributed by atoms with Gasteiger partial charge in [0.1, 0.15) is 5.67 Å². The molecule has 1 heteroatoms. The van der Waals surface area contributed by atoms with Gasteiger partial charge in [0.05, 0.1) is 0 Å². The van der Waals surface area contributed by atoms with Crippen LogP contribution in [0.25, 0.3) is 0 Å². The van der Waals surface area contributed by atoms with E-state index in [1.54, 1.807) is 6.92 Å². The van der Waals surface area contributed by atoms with Gasteiger partial charge in [-0.2, -0.15) is 0 Å². The van der Waals surface area contributed by atoms with Crippen LogP contribution < -0.4 is 0 Å². The number of hydrogen-bond acceptors (Lipinski definition) is 0. The van der Waals surface area contributed by atoms with E-state index < -0.39 is 5.67 Å². The van der Waals surface area contributed by atoms with Crippen molar-refractivity contribution in [3.05, 3.63) is 24.8 Å². The minimum Gasteiger partial charge on any atom is -0.244 e. The zero-order chi connectivity index (χ0) is 17.9. The average Bonchev–Trinajstić information content (AvgIpc) is 2.43. The van der Waals surface area contributed by atoms with Gasteiger partial charge in [-0.25, -0.2) is 4.39 Å². The topological polar surface area (TPSA) is 0 Å². The highest BCUT2D eigenvalue weighted by atomic mass is 19.1. The molecule has 1 aliphatic rings. The Labute approximate surface area is 139 Å². The van der Waals surface area contributed by atoms with Crippen molar-refractivity contribution in [1.29, 1.82) is 0 Å². The summed E-state index contributed by atoms with van der Waals surface area (Å²) in [5.41, 5.74) is -0.262. The number of hydrogen-bond donors (Lipinski definition) is 0. The minimum atomic E-state index is -1.13. The van der Waals surface area contributed by atoms with Crippen LogP contribution in [-0.2, 0) is 0 Å². The zero-order valence-electron chi connectivity index (χ0n) is 16.5. The van der Waals surface area contributed by atoms with Gasteiger partial charge in [0, 0.05) is 5.41 Å². The lowest BCUT2D eigenvalue weighted by Gasteiger charge is -2.60. The molecule has 0 nitrogen and oxygen atoms in total. The molecule has 0 bridgehead atoms. The molecule has 22 heavy (non-hydrogen) atoms. The fraction of sp³-hybridized carbons (Fsp3) is 0.810. The van der Waals surface area contributed by atoms with Crippen molar-refractivity contribution in [2.24, 2.45) is 28.6 Å². The maximum absolute atomic E-state index is 15.1. The number of allylic oxidation sites excluding steroid dienone is 2. The maximum Gasteiger partial charge on any atom is 0.111 e. The third kappa shape index (κ3) is 3.34. The van der Waals surface area contributed by atoms with E-state index in [0.29, 0.717) is 18.3 Å². The Hall–Kier alpha value is -0.590. The third-order valence-corrected chi connectivity index (χ3v) is 6.20. The fourth-order valence-electron chi connectivity index (χ4n) is 4.44. The van der Waals surface area contributed by atoms with Crippen LogP contribution in [-0.4, -0.2) is 5.67 Å². The highest BCUT2D eigenvalue weighted by molar-refractivity contribution is 5.26. The summed E-state index contributed by atoms with van der Waals surface area (Å²) in [7, 11) is 0. The summed E-state index contributed by atoms with van der Waals surface area (Å²) in [6, 6.07) is 0. The Morgan fingerprint density at radius 1 is 1.18 bits per heavy atom. The first-order valence-corrected chi connectivity index (χ1v) is 8.96. The Balaban J connectivity index is 0.00000211. The largest absolute Gasteiger partial charge is 0.244 e. The monoisotopic (exact) mass is 310 g/mol. The van der Waals surface area contributed by atoms with Crippen LogP contribution in [0.2, 0.25) is 0 Å². The minimum absolute atomic E-state index is 0.0518. The zero-order valence-corrected chi connectivity index (χ0v) is 16.5. The molecule has 0 aromatic heterocycles. The smallest absolute Gasteiger partial charge is 0.111 e. The second-order valence-electron chi connectivity index (χ2n) is 7.97. The highest BCUT2D eigenvalue weighted by Gasteiger charge is 2.59. The molecule has 130 valence electrons. The van der Waals surface area contributed by atoms with Crippen LogP contribution in [0.5, 0.6) is 0 Å². The maximum atomic E-state index is 15.1. The van der Waals surface area contributed by atoms with Crippen LogP contribution >= 0.6 is 0 Å². The number of alkyl halides is 1. The molecular formula is C21H39F. The van der Waals surface area contributed by atoms with Crippen LogP contribution in [0.1, 0.15) is 75.2 Å². The Kier molecular flexibility index (Phi) is 7.12. The molecule has 0 spiro atoms. The van der Waals surface area contributed by atoms with Gasteiger partial charge in [-0.05, 0) is 42.9 Å². The quantitative estimate of drug-likeness (QED) is 0.481. The molecule has 0 saturated heterocycles. The van der Waals surface area contributed by atoms with E-state index in [1.807, 2.05) is 20.8 Å². The van der Waals surface area contributed by atoms with Crippen molar-refractivity contribution >= 4 is 0 Å². The average molecular weight is 311 g/mol. The molecule has 0 aromatic carbocycles. The molecule has 1 fully saturated rings. The summed E-state index contributed by atoms with van der Waals surface area (Å²) in [4.78, 5) is 0. The lowest BCUT2D eigenvalue weighted by Crippen LogP contribution is -2.55. The predicted octanol–water partition coefficient (Wildman–Crippen LogP) is 7.22. The molecule has 1 aliphatic carbocycles. The predicted molar refractivity (Wildman–Crippen MR) is 98.8 cm³/mol. The van der Waals surface area contributed by atoms with E-state index in [2.05, 4.69) is 53.9 Å². The van der Waals surface area contributed by atoms with Crippen LogP contribution in [0.3, 0.4) is 0 Å². The van der Waals surface area contributed by atoms with E-state index >= 15 is 4.39 Å². The summed E-state index contributed by atoms with van der Waals surface area (Å²) < 4.78 is 15.1. The second kappa shape index (κ2) is 7.32. The van der Waals surface area contributed by atoms with Crippen molar-refractivity contribution < 1.29 is 4.39 Å². The van der Waals surface area contributed by atoms with Gasteiger partial charge in [-0.3, -0.25) is 0 Å². The van der Waals surface area contributed by atoms with Gasteiger partial charge in [-0.1, -0.05) is 73.6 Å². The first-order valence-electron chi connectivity index (χ1n) is 8.96. The van der Waals surface area contributed by atoms with Crippen molar-refractivity contribution in [1.82, 2.24) is 0 Å². The summed E-state index contributed by atoms with van der Waals surface area (Å²) in [5, 5.41) is 0. The van der Waals surface area contributed by atoms with Crippen LogP contribution in [0, 0.1) is 28.6 Å². The standard InChI is InChI=1S/C19H33F.C2H6/c1-10-19(14(4)5)11-15(6)18(9,20)12-17(19,8)16(7)13(2)3;1-2/h10,13-15H,1,7,11-12H2,2-6,8-9H3;1-2H3/t15-,17-,18?,19+;/m0./s1. The lowest BCUT2D eigenvalue weighted by atomic mass is 9.45. The summed E-state index contributed by atoms with van der Waals surface area (Å²) in [6.07, 6.45) is 3.49. The molecule has 1 unspecified atom stereocenters. The normalized spacial score (nSPS) is 38.5. The highest BCUT2D eigenvalue weighted by Crippen LogP contribution is 2.64. The first-order chi connectivity index (χ1) is 9.94. The van der Waals surface area contributed by atoms with Gasteiger partial charge in [0.15, 0.2) is 0 Å². The Morgan fingerprint density at radius 3 is 1.95 bits per heavy atom. The molecule has 0 N–H and O–H groups in total. The summed E-state index contributed by atoms with van der Waals surface area (Å²) >= 11 is 0. The lowest BCUT2D eigenvalue weighted by molar-refractivity contribution is -0.0838. The van der Waals surface area contributed by atoms with Crippen molar-refractivity contribution in [2.75, 3.05) is 0 Å². The Bertz CT molecular complexity index is 391. The van der Waals surface area contributed by atoms with Gasteiger partial charge < -0.3 is 0 Å². The summed E-state index contributed by atoms with van der Waals surface area (Å²) in [6.45, 7) is 27.3. The molecule has 0 heterocycles. The van der Waals surface area contributed by atoms with E-state index in [0.717, 1.165) is 6.42 Å². The van der Waals surface area contributed by atoms with Gasteiger partial charge >= 0.3 is 0 Å². The van der Waals surface area contributed by atoms with Crippen molar-refractivity contribution in [2.45, 2.75) is 80.8 Å². The Morgan fingerprint density at radius 2 is 1.64 bits per heavy atom. The van der Waals surface area contributed by atoms with Crippen LogP contribution in [0.4, 0.5) is 4.39 Å². The third-order valence-electron chi connectivity index (χ3n) is 6.20. The van der Waals surface area contributed by atoms with E-state index in [4.69, 9.17) is 0 Å². The molecular weight excluding hydrogens is 271 g/mol. The number of rotatable bonds is 4. The molecule has 1 rings (SSSR count). The molecule has 0 aromatic rings. The SMILES string of the molecule is C=C[C@]1(C(C)C)C[C@H](C)C(C)(F)C[C@@]1(C)C(=C)C(C)C.CC.